The minimum atomic E-state index is -0.102. The van der Waals surface area contributed by atoms with E-state index in [9.17, 15) is 4.79 Å². The number of nitrogens with zero attached hydrogens (tertiary/aromatic N) is 1. The van der Waals surface area contributed by atoms with Crippen molar-refractivity contribution in [2.45, 2.75) is 20.0 Å². The van der Waals surface area contributed by atoms with Gasteiger partial charge in [0, 0.05) is 25.7 Å². The first-order valence-corrected chi connectivity index (χ1v) is 9.68. The zero-order chi connectivity index (χ0) is 21.9. The SMILES string of the molecule is CCNC(=NCc1cc(OC)c(OC)c(OC)c1)NCc1ccc(C(=O)NC)cc1.I. The molecule has 0 unspecified atom stereocenters. The van der Waals surface area contributed by atoms with Gasteiger partial charge in [0.1, 0.15) is 0 Å². The molecule has 8 nitrogen and oxygen atoms in total. The molecule has 2 aromatic carbocycles. The lowest BCUT2D eigenvalue weighted by Gasteiger charge is -2.14. The van der Waals surface area contributed by atoms with Crippen molar-refractivity contribution in [2.24, 2.45) is 4.99 Å². The van der Waals surface area contributed by atoms with E-state index in [0.29, 0.717) is 41.9 Å². The molecular formula is C22H31IN4O4. The Balaban J connectivity index is 0.00000480. The molecule has 0 saturated carbocycles. The molecule has 0 bridgehead atoms. The van der Waals surface area contributed by atoms with Crippen LogP contribution in [-0.4, -0.2) is 46.8 Å². The number of ether oxygens (including phenoxy) is 3. The Morgan fingerprint density at radius 2 is 1.55 bits per heavy atom. The average molecular weight is 542 g/mol. The van der Waals surface area contributed by atoms with Gasteiger partial charge in [0.25, 0.3) is 5.91 Å². The highest BCUT2D eigenvalue weighted by molar-refractivity contribution is 14.0. The molecule has 170 valence electrons. The van der Waals surface area contributed by atoms with Crippen molar-refractivity contribution in [3.8, 4) is 17.2 Å². The van der Waals surface area contributed by atoms with Crippen LogP contribution in [0.2, 0.25) is 0 Å². The normalized spacial score (nSPS) is 10.5. The number of guanidine groups is 1. The summed E-state index contributed by atoms with van der Waals surface area (Å²) in [5.41, 5.74) is 2.60. The monoisotopic (exact) mass is 542 g/mol. The highest BCUT2D eigenvalue weighted by Gasteiger charge is 2.13. The number of halogens is 1. The van der Waals surface area contributed by atoms with Crippen LogP contribution in [0.15, 0.2) is 41.4 Å². The van der Waals surface area contributed by atoms with E-state index < -0.39 is 0 Å². The van der Waals surface area contributed by atoms with Crippen LogP contribution in [0.25, 0.3) is 0 Å². The Labute approximate surface area is 200 Å². The molecule has 0 aliphatic carbocycles. The van der Waals surface area contributed by atoms with Crippen molar-refractivity contribution in [1.29, 1.82) is 0 Å². The number of methoxy groups -OCH3 is 3. The second kappa shape index (κ2) is 13.6. The Morgan fingerprint density at radius 1 is 0.935 bits per heavy atom. The smallest absolute Gasteiger partial charge is 0.251 e. The number of carbonyl (C=O) groups is 1. The van der Waals surface area contributed by atoms with E-state index in [1.54, 1.807) is 40.5 Å². The summed E-state index contributed by atoms with van der Waals surface area (Å²) in [6.07, 6.45) is 0. The van der Waals surface area contributed by atoms with Crippen LogP contribution in [0.5, 0.6) is 17.2 Å². The fraction of sp³-hybridized carbons (Fsp3) is 0.364. The molecule has 2 rings (SSSR count). The zero-order valence-electron chi connectivity index (χ0n) is 18.6. The van der Waals surface area contributed by atoms with Crippen LogP contribution in [0.4, 0.5) is 0 Å². The minimum Gasteiger partial charge on any atom is -0.493 e. The summed E-state index contributed by atoms with van der Waals surface area (Å²) in [6, 6.07) is 11.2. The molecule has 0 atom stereocenters. The molecule has 1 amide bonds. The first-order valence-electron chi connectivity index (χ1n) is 9.68. The Hall–Kier alpha value is -2.69. The summed E-state index contributed by atoms with van der Waals surface area (Å²) >= 11 is 0. The van der Waals surface area contributed by atoms with Gasteiger partial charge in [0.05, 0.1) is 27.9 Å². The van der Waals surface area contributed by atoms with Crippen LogP contribution in [-0.2, 0) is 13.1 Å². The predicted octanol–water partition coefficient (Wildman–Crippen LogP) is 2.95. The van der Waals surface area contributed by atoms with E-state index in [0.717, 1.165) is 17.7 Å². The molecule has 0 fully saturated rings. The van der Waals surface area contributed by atoms with E-state index in [1.165, 1.54) is 0 Å². The van der Waals surface area contributed by atoms with Gasteiger partial charge in [-0.05, 0) is 42.3 Å². The average Bonchev–Trinajstić information content (AvgIpc) is 2.79. The maximum absolute atomic E-state index is 11.6. The number of hydrogen-bond donors (Lipinski definition) is 3. The number of carbonyl (C=O) groups excluding carboxylic acids is 1. The molecule has 3 N–H and O–H groups in total. The summed E-state index contributed by atoms with van der Waals surface area (Å²) < 4.78 is 16.2. The van der Waals surface area contributed by atoms with Crippen molar-refractivity contribution >= 4 is 35.8 Å². The number of hydrogen-bond acceptors (Lipinski definition) is 5. The van der Waals surface area contributed by atoms with Crippen LogP contribution < -0.4 is 30.2 Å². The molecule has 0 heterocycles. The summed E-state index contributed by atoms with van der Waals surface area (Å²) in [5, 5.41) is 9.14. The first-order chi connectivity index (χ1) is 14.6. The Kier molecular flexibility index (Phi) is 11.5. The number of benzene rings is 2. The fourth-order valence-electron chi connectivity index (χ4n) is 2.84. The Morgan fingerprint density at radius 3 is 2.03 bits per heavy atom. The lowest BCUT2D eigenvalue weighted by atomic mass is 10.1. The summed E-state index contributed by atoms with van der Waals surface area (Å²) in [6.45, 7) is 3.75. The van der Waals surface area contributed by atoms with Gasteiger partial charge in [0.2, 0.25) is 5.75 Å². The number of nitrogens with one attached hydrogen (secondary N) is 3. The van der Waals surface area contributed by atoms with E-state index in [1.807, 2.05) is 31.2 Å². The maximum atomic E-state index is 11.6. The largest absolute Gasteiger partial charge is 0.493 e. The van der Waals surface area contributed by atoms with E-state index in [-0.39, 0.29) is 29.9 Å². The number of aliphatic imine (C=N–C) groups is 1. The lowest BCUT2D eigenvalue weighted by Crippen LogP contribution is -2.36. The molecule has 0 aromatic heterocycles. The standard InChI is InChI=1S/C22H30N4O4.HI/c1-6-24-22(25-13-15-7-9-17(10-8-15)21(27)23-2)26-14-16-11-18(28-3)20(30-5)19(12-16)29-4;/h7-12H,6,13-14H2,1-5H3,(H,23,27)(H2,24,25,26);1H. The highest BCUT2D eigenvalue weighted by atomic mass is 127. The van der Waals surface area contributed by atoms with Crippen molar-refractivity contribution < 1.29 is 19.0 Å². The second-order valence-corrected chi connectivity index (χ2v) is 6.36. The van der Waals surface area contributed by atoms with E-state index in [4.69, 9.17) is 14.2 Å². The van der Waals surface area contributed by atoms with Gasteiger partial charge in [-0.15, -0.1) is 24.0 Å². The molecule has 31 heavy (non-hydrogen) atoms. The molecular weight excluding hydrogens is 511 g/mol. The quantitative estimate of drug-likeness (QED) is 0.257. The van der Waals surface area contributed by atoms with Crippen LogP contribution in [0, 0.1) is 0 Å². The van der Waals surface area contributed by atoms with Gasteiger partial charge in [-0.2, -0.15) is 0 Å². The number of rotatable bonds is 9. The summed E-state index contributed by atoms with van der Waals surface area (Å²) in [7, 11) is 6.37. The molecule has 0 radical (unpaired) electrons. The molecule has 0 aliphatic heterocycles. The van der Waals surface area contributed by atoms with E-state index in [2.05, 4.69) is 20.9 Å². The molecule has 2 aromatic rings. The molecule has 0 spiro atoms. The third kappa shape index (κ3) is 7.50. The van der Waals surface area contributed by atoms with Gasteiger partial charge in [0.15, 0.2) is 17.5 Å². The topological polar surface area (TPSA) is 93.2 Å². The van der Waals surface area contributed by atoms with Crippen molar-refractivity contribution in [3.63, 3.8) is 0 Å². The van der Waals surface area contributed by atoms with Gasteiger partial charge >= 0.3 is 0 Å². The van der Waals surface area contributed by atoms with Gasteiger partial charge in [-0.1, -0.05) is 12.1 Å². The minimum absolute atomic E-state index is 0. The lowest BCUT2D eigenvalue weighted by molar-refractivity contribution is 0.0963. The van der Waals surface area contributed by atoms with Gasteiger partial charge < -0.3 is 30.2 Å². The summed E-state index contributed by atoms with van der Waals surface area (Å²) in [4.78, 5) is 16.3. The van der Waals surface area contributed by atoms with Crippen LogP contribution in [0.3, 0.4) is 0 Å². The zero-order valence-corrected chi connectivity index (χ0v) is 20.9. The third-order valence-electron chi connectivity index (χ3n) is 4.39. The fourth-order valence-corrected chi connectivity index (χ4v) is 2.84. The van der Waals surface area contributed by atoms with Gasteiger partial charge in [-0.25, -0.2) is 4.99 Å². The predicted molar refractivity (Wildman–Crippen MR) is 133 cm³/mol. The second-order valence-electron chi connectivity index (χ2n) is 6.36. The van der Waals surface area contributed by atoms with Crippen LogP contribution in [0.1, 0.15) is 28.4 Å². The van der Waals surface area contributed by atoms with Gasteiger partial charge in [-0.3, -0.25) is 4.79 Å². The first kappa shape index (κ1) is 26.3. The van der Waals surface area contributed by atoms with Crippen molar-refractivity contribution in [3.05, 3.63) is 53.1 Å². The molecule has 0 saturated heterocycles. The Bertz CT molecular complexity index is 847. The number of amides is 1. The van der Waals surface area contributed by atoms with Crippen LogP contribution >= 0.6 is 24.0 Å². The van der Waals surface area contributed by atoms with Crippen molar-refractivity contribution in [1.82, 2.24) is 16.0 Å². The highest BCUT2D eigenvalue weighted by Crippen LogP contribution is 2.38. The van der Waals surface area contributed by atoms with Crippen molar-refractivity contribution in [2.75, 3.05) is 34.9 Å². The van der Waals surface area contributed by atoms with E-state index >= 15 is 0 Å². The maximum Gasteiger partial charge on any atom is 0.251 e. The third-order valence-corrected chi connectivity index (χ3v) is 4.39. The summed E-state index contributed by atoms with van der Waals surface area (Å²) in [5.74, 6) is 2.32. The molecule has 0 aliphatic rings. The molecule has 9 heteroatoms.